The first-order valence-corrected chi connectivity index (χ1v) is 13.9. The van der Waals surface area contributed by atoms with Crippen LogP contribution in [0.5, 0.6) is 0 Å². The Labute approximate surface area is 232 Å². The van der Waals surface area contributed by atoms with Crippen LogP contribution in [0.3, 0.4) is 0 Å². The zero-order chi connectivity index (χ0) is 23.8. The van der Waals surface area contributed by atoms with Crippen molar-refractivity contribution < 1.29 is 33.3 Å². The maximum Gasteiger partial charge on any atom is 0.270 e. The number of carbonyl (C=O) groups excluding carboxylic acids is 1. The van der Waals surface area contributed by atoms with Gasteiger partial charge in [-0.1, -0.05) is 43.5 Å². The van der Waals surface area contributed by atoms with Crippen molar-refractivity contribution in [2.24, 2.45) is 5.92 Å². The number of hydrogen-bond donors (Lipinski definition) is 1. The number of thiazole rings is 1. The molecule has 1 aromatic heterocycles. The van der Waals surface area contributed by atoms with Crippen molar-refractivity contribution in [1.82, 2.24) is 10.3 Å². The maximum absolute atomic E-state index is 12.8. The summed E-state index contributed by atoms with van der Waals surface area (Å²) >= 11 is 1.51. The summed E-state index contributed by atoms with van der Waals surface area (Å²) in [7, 11) is 4.41. The molecule has 4 rings (SSSR count). The molecule has 1 saturated heterocycles. The highest BCUT2D eigenvalue weighted by atomic mass is 127. The average Bonchev–Trinajstić information content (AvgIpc) is 3.37. The number of anilines is 2. The van der Waals surface area contributed by atoms with Gasteiger partial charge in [0.05, 0.1) is 20.1 Å². The van der Waals surface area contributed by atoms with E-state index in [4.69, 9.17) is 0 Å². The standard InChI is InChI=1S/C28H40N4OS.HI/c1-31(25-16-10-7-11-17-25)28-30-26(22-34-28)27(33)29-19-24-15-12-18-32(2,21-24)20-23-13-8-5-3-4-6-9-14-23;/h7,10-11,13,16-17,22,24H,3-6,8-9,12,14-15,18-21H2,1-2H3;1H/b23-13+;. The Morgan fingerprint density at radius 3 is 2.74 bits per heavy atom. The van der Waals surface area contributed by atoms with Gasteiger partial charge in [-0.3, -0.25) is 4.79 Å². The lowest BCUT2D eigenvalue weighted by Crippen LogP contribution is -3.00. The summed E-state index contributed by atoms with van der Waals surface area (Å²) in [5.41, 5.74) is 3.26. The number of benzene rings is 1. The molecule has 192 valence electrons. The van der Waals surface area contributed by atoms with E-state index in [9.17, 15) is 4.79 Å². The van der Waals surface area contributed by atoms with Crippen LogP contribution in [0.1, 0.15) is 68.3 Å². The Morgan fingerprint density at radius 2 is 1.91 bits per heavy atom. The van der Waals surface area contributed by atoms with E-state index < -0.39 is 0 Å². The summed E-state index contributed by atoms with van der Waals surface area (Å²) in [5, 5.41) is 5.90. The lowest BCUT2D eigenvalue weighted by molar-refractivity contribution is -0.913. The lowest BCUT2D eigenvalue weighted by Gasteiger charge is -2.42. The number of nitrogens with zero attached hydrogens (tertiary/aromatic N) is 3. The predicted octanol–water partition coefficient (Wildman–Crippen LogP) is 3.17. The zero-order valence-corrected chi connectivity index (χ0v) is 24.3. The molecule has 7 heteroatoms. The molecule has 2 aliphatic rings. The van der Waals surface area contributed by atoms with Gasteiger partial charge in [0, 0.05) is 30.6 Å². The van der Waals surface area contributed by atoms with Gasteiger partial charge < -0.3 is 38.7 Å². The molecule has 0 radical (unpaired) electrons. The van der Waals surface area contributed by atoms with Gasteiger partial charge in [-0.05, 0) is 56.2 Å². The molecular weight excluding hydrogens is 567 g/mol. The van der Waals surface area contributed by atoms with Crippen LogP contribution in [0.4, 0.5) is 10.8 Å². The van der Waals surface area contributed by atoms with Crippen LogP contribution in [0.15, 0.2) is 47.4 Å². The number of halogens is 1. The van der Waals surface area contributed by atoms with E-state index in [0.717, 1.165) is 28.4 Å². The fraction of sp³-hybridized carbons (Fsp3) is 0.571. The van der Waals surface area contributed by atoms with Gasteiger partial charge in [0.2, 0.25) is 0 Å². The predicted molar refractivity (Wildman–Crippen MR) is 143 cm³/mol. The van der Waals surface area contributed by atoms with Crippen LogP contribution in [0, 0.1) is 5.92 Å². The number of amides is 1. The molecule has 0 spiro atoms. The smallest absolute Gasteiger partial charge is 0.270 e. The van der Waals surface area contributed by atoms with Crippen molar-refractivity contribution in [2.75, 3.05) is 45.2 Å². The zero-order valence-electron chi connectivity index (χ0n) is 21.3. The molecule has 2 heterocycles. The number of nitrogens with one attached hydrogen (secondary N) is 1. The number of aromatic nitrogens is 1. The number of allylic oxidation sites excluding steroid dienone is 1. The number of likely N-dealkylation sites (tertiary alicyclic amines) is 1. The summed E-state index contributed by atoms with van der Waals surface area (Å²) in [5.74, 6) is 0.479. The van der Waals surface area contributed by atoms with Crippen molar-refractivity contribution in [3.8, 4) is 0 Å². The molecular formula is C28H41IN4OS. The molecule has 0 bridgehead atoms. The molecule has 2 unspecified atom stereocenters. The first-order chi connectivity index (χ1) is 16.5. The Bertz CT molecular complexity index is 963. The van der Waals surface area contributed by atoms with Crippen LogP contribution < -0.4 is 34.2 Å². The minimum Gasteiger partial charge on any atom is -1.00 e. The third-order valence-corrected chi connectivity index (χ3v) is 8.35. The SMILES string of the molecule is CN(c1ccccc1)c1nc(C(=O)NCC2CCC[N+](C)(C/C3=C/CCCCCCC3)C2)cs1.[I-]. The van der Waals surface area contributed by atoms with E-state index >= 15 is 0 Å². The number of para-hydroxylation sites is 1. The number of hydrogen-bond acceptors (Lipinski definition) is 4. The highest BCUT2D eigenvalue weighted by Crippen LogP contribution is 2.28. The first-order valence-electron chi connectivity index (χ1n) is 13.1. The molecule has 1 amide bonds. The Balaban J connectivity index is 0.00000342. The quantitative estimate of drug-likeness (QED) is 0.299. The van der Waals surface area contributed by atoms with E-state index in [0.29, 0.717) is 11.6 Å². The normalized spacial score (nSPS) is 24.6. The number of piperidine rings is 1. The number of likely N-dealkylation sites (N-methyl/N-ethyl adjacent to an activating group) is 1. The summed E-state index contributed by atoms with van der Waals surface area (Å²) in [6.45, 7) is 4.33. The van der Waals surface area contributed by atoms with Gasteiger partial charge >= 0.3 is 0 Å². The minimum atomic E-state index is -0.0530. The average molecular weight is 609 g/mol. The van der Waals surface area contributed by atoms with Crippen molar-refractivity contribution in [1.29, 1.82) is 0 Å². The molecule has 1 N–H and O–H groups in total. The second kappa shape index (κ2) is 13.7. The van der Waals surface area contributed by atoms with Crippen LogP contribution in [0.25, 0.3) is 0 Å². The molecule has 1 fully saturated rings. The number of carbonyl (C=O) groups is 1. The lowest BCUT2D eigenvalue weighted by atomic mass is 9.94. The topological polar surface area (TPSA) is 45.2 Å². The molecule has 2 atom stereocenters. The Morgan fingerprint density at radius 1 is 1.14 bits per heavy atom. The van der Waals surface area contributed by atoms with E-state index in [1.807, 2.05) is 47.7 Å². The number of rotatable bonds is 7. The highest BCUT2D eigenvalue weighted by molar-refractivity contribution is 7.14. The van der Waals surface area contributed by atoms with E-state index in [-0.39, 0.29) is 29.9 Å². The monoisotopic (exact) mass is 608 g/mol. The fourth-order valence-electron chi connectivity index (χ4n) is 5.56. The molecule has 1 aromatic carbocycles. The van der Waals surface area contributed by atoms with Crippen molar-refractivity contribution in [2.45, 2.75) is 57.8 Å². The van der Waals surface area contributed by atoms with Crippen molar-refractivity contribution in [3.63, 3.8) is 0 Å². The van der Waals surface area contributed by atoms with Crippen LogP contribution in [-0.4, -0.2) is 55.6 Å². The van der Waals surface area contributed by atoms with Crippen molar-refractivity contribution in [3.05, 3.63) is 53.1 Å². The Kier molecular flexibility index (Phi) is 11.0. The van der Waals surface area contributed by atoms with Gasteiger partial charge in [-0.25, -0.2) is 4.98 Å². The molecule has 1 aliphatic heterocycles. The van der Waals surface area contributed by atoms with Gasteiger partial charge in [-0.15, -0.1) is 11.3 Å². The summed E-state index contributed by atoms with van der Waals surface area (Å²) in [6.07, 6.45) is 14.4. The highest BCUT2D eigenvalue weighted by Gasteiger charge is 2.32. The molecule has 35 heavy (non-hydrogen) atoms. The molecule has 5 nitrogen and oxygen atoms in total. The molecule has 2 aromatic rings. The van der Waals surface area contributed by atoms with Gasteiger partial charge in [-0.2, -0.15) is 0 Å². The van der Waals surface area contributed by atoms with Crippen molar-refractivity contribution >= 4 is 28.1 Å². The molecule has 1 aliphatic carbocycles. The summed E-state index contributed by atoms with van der Waals surface area (Å²) in [6, 6.07) is 10.1. The van der Waals surface area contributed by atoms with E-state index in [1.54, 1.807) is 5.57 Å². The van der Waals surface area contributed by atoms with Crippen LogP contribution in [-0.2, 0) is 0 Å². The van der Waals surface area contributed by atoms with Gasteiger partial charge in [0.15, 0.2) is 5.13 Å². The summed E-state index contributed by atoms with van der Waals surface area (Å²) in [4.78, 5) is 19.5. The van der Waals surface area contributed by atoms with Gasteiger partial charge in [0.25, 0.3) is 5.91 Å². The van der Waals surface area contributed by atoms with E-state index in [2.05, 4.69) is 23.4 Å². The van der Waals surface area contributed by atoms with Gasteiger partial charge in [0.1, 0.15) is 12.2 Å². The third-order valence-electron chi connectivity index (χ3n) is 7.44. The second-order valence-corrected chi connectivity index (χ2v) is 11.3. The fourth-order valence-corrected chi connectivity index (χ4v) is 6.35. The van der Waals surface area contributed by atoms with Crippen LogP contribution >= 0.6 is 11.3 Å². The molecule has 0 saturated carbocycles. The number of quaternary nitrogens is 1. The maximum atomic E-state index is 12.8. The first kappa shape index (κ1) is 28.1. The largest absolute Gasteiger partial charge is 1.00 e. The Hall–Kier alpha value is -1.45. The minimum absolute atomic E-state index is 0. The summed E-state index contributed by atoms with van der Waals surface area (Å²) < 4.78 is 1.12. The van der Waals surface area contributed by atoms with E-state index in [1.165, 1.54) is 82.2 Å². The third kappa shape index (κ3) is 8.29. The second-order valence-electron chi connectivity index (χ2n) is 10.5. The van der Waals surface area contributed by atoms with Crippen LogP contribution in [0.2, 0.25) is 0 Å².